The normalized spacial score (nSPS) is 13.8. The quantitative estimate of drug-likeness (QED) is 0.783. The van der Waals surface area contributed by atoms with Crippen molar-refractivity contribution in [1.29, 1.82) is 0 Å². The summed E-state index contributed by atoms with van der Waals surface area (Å²) < 4.78 is 51.3. The maximum absolute atomic E-state index is 13.2. The number of benzene rings is 1. The van der Waals surface area contributed by atoms with Crippen LogP contribution in [-0.2, 0) is 14.3 Å². The molecule has 1 aromatic rings. The minimum Gasteiger partial charge on any atom is -0.200 e. The van der Waals surface area contributed by atoms with E-state index < -0.39 is 16.2 Å². The van der Waals surface area contributed by atoms with Crippen LogP contribution in [0.2, 0.25) is 0 Å². The van der Waals surface area contributed by atoms with E-state index in [0.29, 0.717) is 17.9 Å². The molecule has 0 bridgehead atoms. The molecule has 0 aromatic heterocycles. The van der Waals surface area contributed by atoms with Crippen LogP contribution in [0, 0.1) is 0 Å². The molecular weight excluding hydrogens is 250 g/mol. The van der Waals surface area contributed by atoms with E-state index in [1.165, 1.54) is 6.92 Å². The summed E-state index contributed by atoms with van der Waals surface area (Å²) in [7, 11) is -4.20. The molecule has 0 spiro atoms. The van der Waals surface area contributed by atoms with Gasteiger partial charge in [0.05, 0.1) is 6.26 Å². The lowest BCUT2D eigenvalue weighted by molar-refractivity contribution is -0.126. The van der Waals surface area contributed by atoms with Crippen LogP contribution < -0.4 is 0 Å². The fourth-order valence-corrected chi connectivity index (χ4v) is 1.71. The van der Waals surface area contributed by atoms with Crippen molar-refractivity contribution in [2.45, 2.75) is 13.0 Å². The minimum absolute atomic E-state index is 0.235. The molecule has 0 aliphatic rings. The standard InChI is InChI=1S/C11H12F2O3S/c1-9(10-6-4-3-5-7-10)8-11(12,13)16-17(2,14)15/h3-8H,1-2H3/b9-8+. The van der Waals surface area contributed by atoms with E-state index in [-0.39, 0.29) is 5.57 Å². The van der Waals surface area contributed by atoms with Gasteiger partial charge in [-0.2, -0.15) is 21.4 Å². The Morgan fingerprint density at radius 3 is 2.29 bits per heavy atom. The Balaban J connectivity index is 2.95. The van der Waals surface area contributed by atoms with Crippen molar-refractivity contribution < 1.29 is 21.4 Å². The van der Waals surface area contributed by atoms with Crippen molar-refractivity contribution in [3.8, 4) is 0 Å². The third kappa shape index (κ3) is 5.06. The summed E-state index contributed by atoms with van der Waals surface area (Å²) in [6, 6.07) is 8.43. The van der Waals surface area contributed by atoms with Crippen LogP contribution in [-0.4, -0.2) is 20.8 Å². The molecule has 17 heavy (non-hydrogen) atoms. The molecule has 0 N–H and O–H groups in total. The molecule has 1 aromatic carbocycles. The molecule has 0 atom stereocenters. The van der Waals surface area contributed by atoms with Gasteiger partial charge in [0.25, 0.3) is 10.1 Å². The molecule has 1 rings (SSSR count). The lowest BCUT2D eigenvalue weighted by Crippen LogP contribution is -2.22. The molecule has 6 heteroatoms. The first-order valence-electron chi connectivity index (χ1n) is 4.73. The van der Waals surface area contributed by atoms with Crippen LogP contribution in [0.4, 0.5) is 8.78 Å². The average molecular weight is 262 g/mol. The minimum atomic E-state index is -4.20. The highest BCUT2D eigenvalue weighted by Crippen LogP contribution is 2.25. The lowest BCUT2D eigenvalue weighted by atomic mass is 10.1. The van der Waals surface area contributed by atoms with Gasteiger partial charge < -0.3 is 0 Å². The topological polar surface area (TPSA) is 43.4 Å². The Morgan fingerprint density at radius 1 is 1.29 bits per heavy atom. The van der Waals surface area contributed by atoms with Gasteiger partial charge in [-0.05, 0) is 18.1 Å². The van der Waals surface area contributed by atoms with E-state index in [9.17, 15) is 17.2 Å². The van der Waals surface area contributed by atoms with Crippen molar-refractivity contribution in [1.82, 2.24) is 0 Å². The van der Waals surface area contributed by atoms with E-state index >= 15 is 0 Å². The Morgan fingerprint density at radius 2 is 1.82 bits per heavy atom. The number of hydrogen-bond acceptors (Lipinski definition) is 3. The van der Waals surface area contributed by atoms with E-state index in [2.05, 4.69) is 4.18 Å². The summed E-state index contributed by atoms with van der Waals surface area (Å²) in [4.78, 5) is 0. The van der Waals surface area contributed by atoms with Crippen molar-refractivity contribution in [3.63, 3.8) is 0 Å². The molecule has 0 saturated heterocycles. The maximum atomic E-state index is 13.2. The molecule has 0 fully saturated rings. The highest BCUT2D eigenvalue weighted by molar-refractivity contribution is 7.86. The Bertz CT molecular complexity index is 507. The predicted octanol–water partition coefficient (Wildman–Crippen LogP) is 2.66. The van der Waals surface area contributed by atoms with Crippen LogP contribution in [0.15, 0.2) is 36.4 Å². The molecular formula is C11H12F2O3S. The molecule has 0 heterocycles. The number of allylic oxidation sites excluding steroid dienone is 1. The van der Waals surface area contributed by atoms with Gasteiger partial charge in [0, 0.05) is 6.08 Å². The highest BCUT2D eigenvalue weighted by Gasteiger charge is 2.32. The fraction of sp³-hybridized carbons (Fsp3) is 0.273. The molecule has 0 unspecified atom stereocenters. The molecule has 0 radical (unpaired) electrons. The van der Waals surface area contributed by atoms with E-state index in [0.717, 1.165) is 0 Å². The SMILES string of the molecule is C/C(=C\C(F)(F)OS(C)(=O)=O)c1ccccc1. The summed E-state index contributed by atoms with van der Waals surface area (Å²) in [5.74, 6) is 0. The van der Waals surface area contributed by atoms with Gasteiger partial charge in [0.2, 0.25) is 0 Å². The fourth-order valence-electron chi connectivity index (χ4n) is 1.26. The lowest BCUT2D eigenvalue weighted by Gasteiger charge is -2.12. The maximum Gasteiger partial charge on any atom is 0.390 e. The van der Waals surface area contributed by atoms with Crippen LogP contribution in [0.25, 0.3) is 5.57 Å². The average Bonchev–Trinajstić information content (AvgIpc) is 2.14. The van der Waals surface area contributed by atoms with Crippen molar-refractivity contribution in [2.24, 2.45) is 0 Å². The largest absolute Gasteiger partial charge is 0.390 e. The number of alkyl halides is 2. The van der Waals surface area contributed by atoms with Gasteiger partial charge >= 0.3 is 6.11 Å². The summed E-state index contributed by atoms with van der Waals surface area (Å²) in [6.07, 6.45) is -2.79. The molecule has 0 aliphatic heterocycles. The van der Waals surface area contributed by atoms with Gasteiger partial charge in [-0.3, -0.25) is 0 Å². The van der Waals surface area contributed by atoms with Gasteiger partial charge in [-0.1, -0.05) is 30.3 Å². The molecule has 0 saturated carbocycles. The second-order valence-electron chi connectivity index (χ2n) is 3.54. The monoisotopic (exact) mass is 262 g/mol. The number of halogens is 2. The third-order valence-electron chi connectivity index (χ3n) is 1.88. The van der Waals surface area contributed by atoms with Gasteiger partial charge in [0.15, 0.2) is 0 Å². The third-order valence-corrected chi connectivity index (χ3v) is 2.40. The molecule has 0 amide bonds. The first-order valence-corrected chi connectivity index (χ1v) is 6.54. The van der Waals surface area contributed by atoms with Crippen LogP contribution in [0.3, 0.4) is 0 Å². The van der Waals surface area contributed by atoms with Gasteiger partial charge in [-0.15, -0.1) is 0 Å². The van der Waals surface area contributed by atoms with Crippen molar-refractivity contribution >= 4 is 15.7 Å². The number of rotatable bonds is 4. The van der Waals surface area contributed by atoms with E-state index in [1.807, 2.05) is 0 Å². The zero-order chi connectivity index (χ0) is 13.1. The zero-order valence-corrected chi connectivity index (χ0v) is 10.2. The van der Waals surface area contributed by atoms with Crippen LogP contribution >= 0.6 is 0 Å². The van der Waals surface area contributed by atoms with Crippen LogP contribution in [0.5, 0.6) is 0 Å². The number of hydrogen-bond donors (Lipinski definition) is 0. The van der Waals surface area contributed by atoms with Crippen LogP contribution in [0.1, 0.15) is 12.5 Å². The molecule has 3 nitrogen and oxygen atoms in total. The molecule has 0 aliphatic carbocycles. The van der Waals surface area contributed by atoms with Gasteiger partial charge in [0.1, 0.15) is 0 Å². The summed E-state index contributed by atoms with van der Waals surface area (Å²) in [5, 5.41) is 0. The predicted molar refractivity (Wildman–Crippen MR) is 61.0 cm³/mol. The van der Waals surface area contributed by atoms with E-state index in [4.69, 9.17) is 0 Å². The van der Waals surface area contributed by atoms with Crippen molar-refractivity contribution in [2.75, 3.05) is 6.26 Å². The second kappa shape index (κ2) is 4.93. The summed E-state index contributed by atoms with van der Waals surface area (Å²) in [6.45, 7) is 1.45. The smallest absolute Gasteiger partial charge is 0.200 e. The first kappa shape index (κ1) is 13.8. The van der Waals surface area contributed by atoms with Gasteiger partial charge in [-0.25, -0.2) is 0 Å². The second-order valence-corrected chi connectivity index (χ2v) is 5.12. The summed E-state index contributed by atoms with van der Waals surface area (Å²) >= 11 is 0. The Kier molecular flexibility index (Phi) is 4.00. The molecule has 94 valence electrons. The Labute approximate surface area is 98.8 Å². The van der Waals surface area contributed by atoms with Crippen molar-refractivity contribution in [3.05, 3.63) is 42.0 Å². The van der Waals surface area contributed by atoms with E-state index in [1.54, 1.807) is 30.3 Å². The highest BCUT2D eigenvalue weighted by atomic mass is 32.2. The zero-order valence-electron chi connectivity index (χ0n) is 9.35. The summed E-state index contributed by atoms with van der Waals surface area (Å²) in [5.41, 5.74) is 0.809. The first-order chi connectivity index (χ1) is 7.70. The Hall–Kier alpha value is -1.27.